The van der Waals surface area contributed by atoms with Crippen molar-refractivity contribution in [3.8, 4) is 0 Å². The first-order valence-corrected chi connectivity index (χ1v) is 5.27. The Hall–Kier alpha value is 0.310. The normalized spacial score (nSPS) is 23.5. The highest BCUT2D eigenvalue weighted by Gasteiger charge is 2.14. The molecule has 0 amide bonds. The van der Waals surface area contributed by atoms with Gasteiger partial charge in [0.2, 0.25) is 0 Å². The molecule has 1 aliphatic rings. The van der Waals surface area contributed by atoms with E-state index in [9.17, 15) is 0 Å². The number of thiol groups is 1. The molecule has 66 valence electrons. The van der Waals surface area contributed by atoms with Crippen LogP contribution in [0, 0.1) is 11.8 Å². The van der Waals surface area contributed by atoms with Crippen LogP contribution in [-0.4, -0.2) is 18.8 Å². The topological polar surface area (TPSA) is 12.0 Å². The monoisotopic (exact) mass is 173 g/mol. The first-order chi connectivity index (χ1) is 5.33. The fraction of sp³-hybridized carbons (Fsp3) is 1.00. The van der Waals surface area contributed by atoms with Crippen LogP contribution in [-0.2, 0) is 0 Å². The smallest absolute Gasteiger partial charge is 0.00463 e. The van der Waals surface area contributed by atoms with Gasteiger partial charge in [-0.05, 0) is 49.9 Å². The molecular weight excluding hydrogens is 154 g/mol. The molecule has 1 fully saturated rings. The zero-order chi connectivity index (χ0) is 8.10. The van der Waals surface area contributed by atoms with Crippen LogP contribution in [0.5, 0.6) is 0 Å². The highest BCUT2D eigenvalue weighted by atomic mass is 32.1. The summed E-state index contributed by atoms with van der Waals surface area (Å²) in [7, 11) is 0. The SMILES string of the molecule is CC(CS)CC1CCNCC1. The minimum Gasteiger partial charge on any atom is -0.317 e. The lowest BCUT2D eigenvalue weighted by atomic mass is 9.89. The molecule has 0 saturated carbocycles. The molecule has 1 atom stereocenters. The maximum Gasteiger partial charge on any atom is -0.00463 e. The summed E-state index contributed by atoms with van der Waals surface area (Å²) in [5.41, 5.74) is 0. The first-order valence-electron chi connectivity index (χ1n) is 4.64. The predicted octanol–water partition coefficient (Wildman–Crippen LogP) is 1.94. The van der Waals surface area contributed by atoms with Gasteiger partial charge in [-0.1, -0.05) is 6.92 Å². The van der Waals surface area contributed by atoms with Crippen LogP contribution < -0.4 is 5.32 Å². The van der Waals surface area contributed by atoms with Gasteiger partial charge in [-0.15, -0.1) is 0 Å². The Morgan fingerprint density at radius 1 is 1.45 bits per heavy atom. The van der Waals surface area contributed by atoms with Gasteiger partial charge in [0.05, 0.1) is 0 Å². The summed E-state index contributed by atoms with van der Waals surface area (Å²) >= 11 is 4.30. The molecule has 1 rings (SSSR count). The molecule has 11 heavy (non-hydrogen) atoms. The van der Waals surface area contributed by atoms with Gasteiger partial charge in [0.25, 0.3) is 0 Å². The Balaban J connectivity index is 2.13. The molecule has 0 spiro atoms. The summed E-state index contributed by atoms with van der Waals surface area (Å²) in [6, 6.07) is 0. The zero-order valence-electron chi connectivity index (χ0n) is 7.34. The minimum absolute atomic E-state index is 0.807. The van der Waals surface area contributed by atoms with Crippen molar-refractivity contribution in [1.82, 2.24) is 5.32 Å². The Bertz CT molecular complexity index is 99.7. The van der Waals surface area contributed by atoms with E-state index in [0.29, 0.717) is 0 Å². The molecular formula is C9H19NS. The van der Waals surface area contributed by atoms with Crippen LogP contribution in [0.3, 0.4) is 0 Å². The fourth-order valence-corrected chi connectivity index (χ4v) is 1.91. The van der Waals surface area contributed by atoms with Crippen molar-refractivity contribution in [2.75, 3.05) is 18.8 Å². The Kier molecular flexibility index (Phi) is 4.31. The van der Waals surface area contributed by atoms with Crippen molar-refractivity contribution in [3.63, 3.8) is 0 Å². The minimum atomic E-state index is 0.807. The second kappa shape index (κ2) is 5.04. The largest absolute Gasteiger partial charge is 0.317 e. The molecule has 1 nitrogen and oxygen atoms in total. The molecule has 1 aliphatic heterocycles. The molecule has 1 saturated heterocycles. The average Bonchev–Trinajstić information content (AvgIpc) is 2.06. The summed E-state index contributed by atoms with van der Waals surface area (Å²) in [5, 5.41) is 3.39. The molecule has 0 aliphatic carbocycles. The van der Waals surface area contributed by atoms with Gasteiger partial charge in [0.1, 0.15) is 0 Å². The third-order valence-electron chi connectivity index (χ3n) is 2.51. The van der Waals surface area contributed by atoms with Gasteiger partial charge >= 0.3 is 0 Å². The van der Waals surface area contributed by atoms with Crippen molar-refractivity contribution in [2.24, 2.45) is 11.8 Å². The number of nitrogens with one attached hydrogen (secondary N) is 1. The van der Waals surface area contributed by atoms with Gasteiger partial charge in [-0.2, -0.15) is 12.6 Å². The highest BCUT2D eigenvalue weighted by Crippen LogP contribution is 2.21. The van der Waals surface area contributed by atoms with Crippen molar-refractivity contribution in [3.05, 3.63) is 0 Å². The van der Waals surface area contributed by atoms with Crippen molar-refractivity contribution in [2.45, 2.75) is 26.2 Å². The van der Waals surface area contributed by atoms with E-state index in [4.69, 9.17) is 0 Å². The van der Waals surface area contributed by atoms with Gasteiger partial charge in [0, 0.05) is 0 Å². The lowest BCUT2D eigenvalue weighted by molar-refractivity contribution is 0.320. The second-order valence-corrected chi connectivity index (χ2v) is 4.08. The van der Waals surface area contributed by atoms with E-state index in [1.165, 1.54) is 32.4 Å². The summed E-state index contributed by atoms with van der Waals surface area (Å²) in [4.78, 5) is 0. The summed E-state index contributed by atoms with van der Waals surface area (Å²) in [5.74, 6) is 2.82. The lowest BCUT2D eigenvalue weighted by Crippen LogP contribution is -2.28. The van der Waals surface area contributed by atoms with E-state index in [1.54, 1.807) is 0 Å². The number of rotatable bonds is 3. The fourth-order valence-electron chi connectivity index (χ4n) is 1.76. The number of hydrogen-bond acceptors (Lipinski definition) is 2. The Morgan fingerprint density at radius 2 is 2.09 bits per heavy atom. The Labute approximate surface area is 75.4 Å². The van der Waals surface area contributed by atoms with E-state index >= 15 is 0 Å². The maximum atomic E-state index is 4.30. The van der Waals surface area contributed by atoms with Crippen LogP contribution in [0.15, 0.2) is 0 Å². The summed E-state index contributed by atoms with van der Waals surface area (Å²) in [6.45, 7) is 4.75. The molecule has 0 radical (unpaired) electrons. The van der Waals surface area contributed by atoms with Crippen molar-refractivity contribution >= 4 is 12.6 Å². The average molecular weight is 173 g/mol. The molecule has 0 aromatic heterocycles. The van der Waals surface area contributed by atoms with Crippen LogP contribution in [0.2, 0.25) is 0 Å². The number of hydrogen-bond donors (Lipinski definition) is 2. The van der Waals surface area contributed by atoms with E-state index in [2.05, 4.69) is 24.9 Å². The Morgan fingerprint density at radius 3 is 2.64 bits per heavy atom. The quantitative estimate of drug-likeness (QED) is 0.622. The molecule has 0 aromatic carbocycles. The van der Waals surface area contributed by atoms with E-state index < -0.39 is 0 Å². The molecule has 1 unspecified atom stereocenters. The van der Waals surface area contributed by atoms with Gasteiger partial charge < -0.3 is 5.32 Å². The molecule has 0 bridgehead atoms. The van der Waals surface area contributed by atoms with Crippen LogP contribution in [0.4, 0.5) is 0 Å². The van der Waals surface area contributed by atoms with Crippen molar-refractivity contribution in [1.29, 1.82) is 0 Å². The zero-order valence-corrected chi connectivity index (χ0v) is 8.24. The third kappa shape index (κ3) is 3.48. The van der Waals surface area contributed by atoms with Gasteiger partial charge in [-0.3, -0.25) is 0 Å². The number of piperidine rings is 1. The lowest BCUT2D eigenvalue weighted by Gasteiger charge is -2.24. The maximum absolute atomic E-state index is 4.30. The van der Waals surface area contributed by atoms with E-state index in [1.807, 2.05) is 0 Å². The standard InChI is InChI=1S/C9H19NS/c1-8(7-11)6-9-2-4-10-5-3-9/h8-11H,2-7H2,1H3. The molecule has 1 N–H and O–H groups in total. The highest BCUT2D eigenvalue weighted by molar-refractivity contribution is 7.80. The van der Waals surface area contributed by atoms with E-state index in [0.717, 1.165) is 17.6 Å². The summed E-state index contributed by atoms with van der Waals surface area (Å²) < 4.78 is 0. The first kappa shape index (κ1) is 9.40. The molecule has 0 aromatic rings. The third-order valence-corrected chi connectivity index (χ3v) is 3.13. The van der Waals surface area contributed by atoms with Gasteiger partial charge in [0.15, 0.2) is 0 Å². The van der Waals surface area contributed by atoms with Crippen LogP contribution in [0.25, 0.3) is 0 Å². The predicted molar refractivity (Wildman–Crippen MR) is 53.2 cm³/mol. The van der Waals surface area contributed by atoms with E-state index in [-0.39, 0.29) is 0 Å². The molecule has 2 heteroatoms. The molecule has 1 heterocycles. The second-order valence-electron chi connectivity index (χ2n) is 3.72. The van der Waals surface area contributed by atoms with Crippen molar-refractivity contribution < 1.29 is 0 Å². The summed E-state index contributed by atoms with van der Waals surface area (Å²) in [6.07, 6.45) is 4.13. The van der Waals surface area contributed by atoms with Crippen LogP contribution >= 0.6 is 12.6 Å². The van der Waals surface area contributed by atoms with Crippen LogP contribution in [0.1, 0.15) is 26.2 Å². The van der Waals surface area contributed by atoms with Gasteiger partial charge in [-0.25, -0.2) is 0 Å².